The van der Waals surface area contributed by atoms with Crippen LogP contribution in [0, 0.1) is 16.0 Å². The van der Waals surface area contributed by atoms with Gasteiger partial charge in [0.25, 0.3) is 0 Å². The predicted octanol–water partition coefficient (Wildman–Crippen LogP) is 2.21. The highest BCUT2D eigenvalue weighted by molar-refractivity contribution is 5.61. The molecule has 20 heavy (non-hydrogen) atoms. The lowest BCUT2D eigenvalue weighted by Gasteiger charge is -2.31. The number of anilines is 1. The zero-order valence-electron chi connectivity index (χ0n) is 11.9. The van der Waals surface area contributed by atoms with E-state index >= 15 is 0 Å². The number of nitro groups is 1. The van der Waals surface area contributed by atoms with Crippen LogP contribution in [0.15, 0.2) is 18.5 Å². The molecule has 110 valence electrons. The van der Waals surface area contributed by atoms with Gasteiger partial charge in [0.05, 0.1) is 4.92 Å². The molecule has 0 radical (unpaired) electrons. The molecule has 1 saturated heterocycles. The highest BCUT2D eigenvalue weighted by Gasteiger charge is 2.22. The van der Waals surface area contributed by atoms with Crippen molar-refractivity contribution in [3.05, 3.63) is 28.6 Å². The molecule has 0 spiro atoms. The molecule has 0 atom stereocenters. The lowest BCUT2D eigenvalue weighted by molar-refractivity contribution is -0.384. The van der Waals surface area contributed by atoms with Crippen molar-refractivity contribution in [2.45, 2.75) is 26.2 Å². The first-order valence-corrected chi connectivity index (χ1v) is 7.26. The molecular formula is C14H22N4O2. The first kappa shape index (κ1) is 14.7. The van der Waals surface area contributed by atoms with Crippen molar-refractivity contribution in [2.24, 2.45) is 5.92 Å². The number of hydrogen-bond donors (Lipinski definition) is 1. The van der Waals surface area contributed by atoms with Crippen molar-refractivity contribution in [1.29, 1.82) is 0 Å². The first-order valence-electron chi connectivity index (χ1n) is 7.26. The van der Waals surface area contributed by atoms with E-state index in [0.29, 0.717) is 11.6 Å². The topological polar surface area (TPSA) is 71.3 Å². The molecule has 2 rings (SSSR count). The molecule has 0 unspecified atom stereocenters. The number of rotatable bonds is 6. The summed E-state index contributed by atoms with van der Waals surface area (Å²) in [5, 5.41) is 14.5. The third-order valence-corrected chi connectivity index (χ3v) is 3.75. The highest BCUT2D eigenvalue weighted by Crippen LogP contribution is 2.28. The van der Waals surface area contributed by atoms with Gasteiger partial charge >= 0.3 is 5.69 Å². The number of nitrogens with one attached hydrogen (secondary N) is 1. The minimum atomic E-state index is -0.340. The van der Waals surface area contributed by atoms with Gasteiger partial charge < -0.3 is 10.2 Å². The van der Waals surface area contributed by atoms with Crippen LogP contribution in [0.3, 0.4) is 0 Å². The Balaban J connectivity index is 2.16. The van der Waals surface area contributed by atoms with E-state index in [1.54, 1.807) is 12.3 Å². The summed E-state index contributed by atoms with van der Waals surface area (Å²) in [6, 6.07) is 1.76. The number of nitrogens with zero attached hydrogens (tertiary/aromatic N) is 3. The molecule has 1 aliphatic rings. The molecule has 1 aliphatic heterocycles. The summed E-state index contributed by atoms with van der Waals surface area (Å²) in [5.74, 6) is 0.607. The average molecular weight is 278 g/mol. The Morgan fingerprint density at radius 3 is 2.90 bits per heavy atom. The summed E-state index contributed by atoms with van der Waals surface area (Å²) < 4.78 is 0. The second-order valence-corrected chi connectivity index (χ2v) is 5.26. The number of aromatic nitrogens is 1. The fourth-order valence-corrected chi connectivity index (χ4v) is 2.74. The molecule has 6 heteroatoms. The van der Waals surface area contributed by atoms with Gasteiger partial charge in [-0.3, -0.25) is 15.1 Å². The maximum absolute atomic E-state index is 11.2. The smallest absolute Gasteiger partial charge is 0.310 e. The molecule has 1 N–H and O–H groups in total. The Kier molecular flexibility index (Phi) is 5.29. The molecule has 1 aromatic rings. The Bertz CT molecular complexity index is 447. The Morgan fingerprint density at radius 1 is 1.50 bits per heavy atom. The molecular weight excluding hydrogens is 256 g/mol. The summed E-state index contributed by atoms with van der Waals surface area (Å²) in [5.41, 5.74) is 0.806. The monoisotopic (exact) mass is 278 g/mol. The molecule has 0 aliphatic carbocycles. The van der Waals surface area contributed by atoms with Crippen molar-refractivity contribution in [3.63, 3.8) is 0 Å². The van der Waals surface area contributed by atoms with Crippen LogP contribution in [0.1, 0.15) is 26.2 Å². The number of pyridine rings is 1. The van der Waals surface area contributed by atoms with E-state index in [1.165, 1.54) is 6.20 Å². The van der Waals surface area contributed by atoms with E-state index in [-0.39, 0.29) is 10.6 Å². The van der Waals surface area contributed by atoms with Gasteiger partial charge in [-0.25, -0.2) is 0 Å². The van der Waals surface area contributed by atoms with Gasteiger partial charge in [-0.2, -0.15) is 0 Å². The van der Waals surface area contributed by atoms with Crippen LogP contribution in [0.2, 0.25) is 0 Å². The van der Waals surface area contributed by atoms with Crippen molar-refractivity contribution in [1.82, 2.24) is 10.3 Å². The zero-order chi connectivity index (χ0) is 14.4. The third kappa shape index (κ3) is 3.66. The quantitative estimate of drug-likeness (QED) is 0.638. The summed E-state index contributed by atoms with van der Waals surface area (Å²) in [7, 11) is 0. The molecule has 0 bridgehead atoms. The maximum Gasteiger partial charge on any atom is 0.310 e. The molecule has 1 fully saturated rings. The van der Waals surface area contributed by atoms with Crippen LogP contribution >= 0.6 is 0 Å². The van der Waals surface area contributed by atoms with Crippen LogP contribution in [0.5, 0.6) is 0 Å². The SMILES string of the molecule is CCCN(CC1CCNCC1)c1ccncc1[N+](=O)[O-]. The summed E-state index contributed by atoms with van der Waals surface area (Å²) in [6.07, 6.45) is 6.23. The van der Waals surface area contributed by atoms with Crippen molar-refractivity contribution in [2.75, 3.05) is 31.1 Å². The lowest BCUT2D eigenvalue weighted by Crippen LogP contribution is -2.36. The standard InChI is InChI=1S/C14H22N4O2/c1-2-9-17(11-12-3-6-15-7-4-12)13-5-8-16-10-14(13)18(19)20/h5,8,10,12,15H,2-4,6-7,9,11H2,1H3. The molecule has 1 aromatic heterocycles. The van der Waals surface area contributed by atoms with Crippen LogP contribution < -0.4 is 10.2 Å². The van der Waals surface area contributed by atoms with E-state index in [9.17, 15) is 10.1 Å². The summed E-state index contributed by atoms with van der Waals surface area (Å²) in [4.78, 5) is 16.8. The number of piperidine rings is 1. The van der Waals surface area contributed by atoms with Crippen LogP contribution in [0.4, 0.5) is 11.4 Å². The Morgan fingerprint density at radius 2 is 2.25 bits per heavy atom. The molecule has 0 saturated carbocycles. The van der Waals surface area contributed by atoms with E-state index in [4.69, 9.17) is 0 Å². The first-order chi connectivity index (χ1) is 9.72. The van der Waals surface area contributed by atoms with Gasteiger partial charge in [-0.1, -0.05) is 6.92 Å². The van der Waals surface area contributed by atoms with Crippen molar-refractivity contribution in [3.8, 4) is 0 Å². The van der Waals surface area contributed by atoms with Gasteiger partial charge in [0.1, 0.15) is 11.9 Å². The molecule has 0 aromatic carbocycles. The van der Waals surface area contributed by atoms with Gasteiger partial charge in [-0.05, 0) is 44.3 Å². The van der Waals surface area contributed by atoms with Gasteiger partial charge in [0, 0.05) is 19.3 Å². The van der Waals surface area contributed by atoms with Gasteiger partial charge in [0.15, 0.2) is 0 Å². The van der Waals surface area contributed by atoms with Crippen molar-refractivity contribution < 1.29 is 4.92 Å². The third-order valence-electron chi connectivity index (χ3n) is 3.75. The second kappa shape index (κ2) is 7.19. The van der Waals surface area contributed by atoms with Crippen LogP contribution in [0.25, 0.3) is 0 Å². The molecule has 2 heterocycles. The minimum Gasteiger partial charge on any atom is -0.366 e. The fourth-order valence-electron chi connectivity index (χ4n) is 2.74. The van der Waals surface area contributed by atoms with E-state index in [2.05, 4.69) is 22.1 Å². The normalized spacial score (nSPS) is 16.1. The highest BCUT2D eigenvalue weighted by atomic mass is 16.6. The molecule has 0 amide bonds. The van der Waals surface area contributed by atoms with Crippen molar-refractivity contribution >= 4 is 11.4 Å². The van der Waals surface area contributed by atoms with E-state index < -0.39 is 0 Å². The Hall–Kier alpha value is -1.69. The lowest BCUT2D eigenvalue weighted by atomic mass is 9.97. The maximum atomic E-state index is 11.2. The average Bonchev–Trinajstić information content (AvgIpc) is 2.48. The van der Waals surface area contributed by atoms with Crippen LogP contribution in [-0.4, -0.2) is 36.1 Å². The number of hydrogen-bond acceptors (Lipinski definition) is 5. The fraction of sp³-hybridized carbons (Fsp3) is 0.643. The van der Waals surface area contributed by atoms with Gasteiger partial charge in [-0.15, -0.1) is 0 Å². The zero-order valence-corrected chi connectivity index (χ0v) is 11.9. The minimum absolute atomic E-state index is 0.106. The second-order valence-electron chi connectivity index (χ2n) is 5.26. The van der Waals surface area contributed by atoms with Gasteiger partial charge in [0.2, 0.25) is 0 Å². The summed E-state index contributed by atoms with van der Waals surface area (Å²) in [6.45, 7) is 5.92. The van der Waals surface area contributed by atoms with E-state index in [1.807, 2.05) is 0 Å². The predicted molar refractivity (Wildman–Crippen MR) is 79.0 cm³/mol. The van der Waals surface area contributed by atoms with Crippen LogP contribution in [-0.2, 0) is 0 Å². The Labute approximate surface area is 119 Å². The van der Waals surface area contributed by atoms with E-state index in [0.717, 1.165) is 45.4 Å². The molecule has 6 nitrogen and oxygen atoms in total. The summed E-state index contributed by atoms with van der Waals surface area (Å²) >= 11 is 0. The largest absolute Gasteiger partial charge is 0.366 e.